The minimum atomic E-state index is 0.264. The fraction of sp³-hybridized carbons (Fsp3) is 0.500. The number of nitrogens with one attached hydrogen (secondary N) is 2. The Labute approximate surface area is 109 Å². The topological polar surface area (TPSA) is 24.1 Å². The summed E-state index contributed by atoms with van der Waals surface area (Å²) in [5.41, 5.74) is 2.65. The summed E-state index contributed by atoms with van der Waals surface area (Å²) in [7, 11) is 0. The summed E-state index contributed by atoms with van der Waals surface area (Å²) in [4.78, 5) is 0. The Morgan fingerprint density at radius 2 is 2.00 bits per heavy atom. The van der Waals surface area contributed by atoms with Crippen LogP contribution in [0.1, 0.15) is 43.9 Å². The number of hydrogen-bond acceptors (Lipinski definition) is 1. The molecule has 0 saturated heterocycles. The van der Waals surface area contributed by atoms with Crippen molar-refractivity contribution in [2.45, 2.75) is 45.2 Å². The Balaban J connectivity index is 1.88. The first-order valence-corrected chi connectivity index (χ1v) is 6.75. The number of hydrogen-bond donors (Lipinski definition) is 2. The SMILES string of the molecule is CCc1ccc(C(C)NC(=S)NC2CC2)cc1. The zero-order valence-corrected chi connectivity index (χ0v) is 11.3. The molecule has 0 heterocycles. The quantitative estimate of drug-likeness (QED) is 0.801. The molecule has 1 aromatic rings. The lowest BCUT2D eigenvalue weighted by molar-refractivity contribution is 0.696. The zero-order chi connectivity index (χ0) is 12.3. The van der Waals surface area contributed by atoms with Crippen molar-refractivity contribution in [3.05, 3.63) is 35.4 Å². The van der Waals surface area contributed by atoms with Crippen LogP contribution < -0.4 is 10.6 Å². The van der Waals surface area contributed by atoms with Gasteiger partial charge >= 0.3 is 0 Å². The van der Waals surface area contributed by atoms with Gasteiger partial charge in [0.2, 0.25) is 0 Å². The molecular formula is C14H20N2S. The Morgan fingerprint density at radius 1 is 1.35 bits per heavy atom. The lowest BCUT2D eigenvalue weighted by Gasteiger charge is -2.17. The van der Waals surface area contributed by atoms with Gasteiger partial charge in [0.1, 0.15) is 0 Å². The molecule has 2 rings (SSSR count). The first-order valence-electron chi connectivity index (χ1n) is 6.35. The Morgan fingerprint density at radius 3 is 2.53 bits per heavy atom. The van der Waals surface area contributed by atoms with E-state index in [9.17, 15) is 0 Å². The van der Waals surface area contributed by atoms with Crippen molar-refractivity contribution >= 4 is 17.3 Å². The molecule has 2 N–H and O–H groups in total. The highest BCUT2D eigenvalue weighted by molar-refractivity contribution is 7.80. The van der Waals surface area contributed by atoms with E-state index in [1.807, 2.05) is 0 Å². The Kier molecular flexibility index (Phi) is 4.00. The minimum Gasteiger partial charge on any atom is -0.360 e. The molecule has 0 aliphatic heterocycles. The van der Waals surface area contributed by atoms with Crippen LogP contribution in [-0.2, 0) is 6.42 Å². The second-order valence-corrected chi connectivity index (χ2v) is 5.12. The molecule has 0 aromatic heterocycles. The van der Waals surface area contributed by atoms with Gasteiger partial charge in [-0.1, -0.05) is 31.2 Å². The van der Waals surface area contributed by atoms with Crippen LogP contribution in [0.2, 0.25) is 0 Å². The monoisotopic (exact) mass is 248 g/mol. The van der Waals surface area contributed by atoms with Gasteiger partial charge in [-0.3, -0.25) is 0 Å². The standard InChI is InChI=1S/C14H20N2S/c1-3-11-4-6-12(7-5-11)10(2)15-14(17)16-13-8-9-13/h4-7,10,13H,3,8-9H2,1-2H3,(H2,15,16,17). The fourth-order valence-electron chi connectivity index (χ4n) is 1.78. The summed E-state index contributed by atoms with van der Waals surface area (Å²) in [5, 5.41) is 7.40. The van der Waals surface area contributed by atoms with E-state index in [2.05, 4.69) is 48.7 Å². The van der Waals surface area contributed by atoms with Gasteiger partial charge in [-0.2, -0.15) is 0 Å². The normalized spacial score (nSPS) is 16.4. The van der Waals surface area contributed by atoms with E-state index in [-0.39, 0.29) is 6.04 Å². The van der Waals surface area contributed by atoms with Crippen molar-refractivity contribution in [2.24, 2.45) is 0 Å². The van der Waals surface area contributed by atoms with Gasteiger partial charge in [0, 0.05) is 6.04 Å². The summed E-state index contributed by atoms with van der Waals surface area (Å²) in [6, 6.07) is 9.60. The largest absolute Gasteiger partial charge is 0.360 e. The molecule has 92 valence electrons. The van der Waals surface area contributed by atoms with Gasteiger partial charge in [0.15, 0.2) is 5.11 Å². The molecule has 1 unspecified atom stereocenters. The van der Waals surface area contributed by atoms with Crippen LogP contribution in [0, 0.1) is 0 Å². The first kappa shape index (κ1) is 12.4. The highest BCUT2D eigenvalue weighted by Gasteiger charge is 2.22. The van der Waals surface area contributed by atoms with Crippen LogP contribution >= 0.6 is 12.2 Å². The molecular weight excluding hydrogens is 228 g/mol. The number of benzene rings is 1. The summed E-state index contributed by atoms with van der Waals surface area (Å²) in [6.45, 7) is 4.31. The molecule has 17 heavy (non-hydrogen) atoms. The molecule has 3 heteroatoms. The van der Waals surface area contributed by atoms with Crippen molar-refractivity contribution in [1.82, 2.24) is 10.6 Å². The van der Waals surface area contributed by atoms with E-state index in [1.54, 1.807) is 0 Å². The van der Waals surface area contributed by atoms with Gasteiger partial charge in [0.05, 0.1) is 6.04 Å². The van der Waals surface area contributed by atoms with E-state index < -0.39 is 0 Å². The van der Waals surface area contributed by atoms with Crippen LogP contribution in [0.5, 0.6) is 0 Å². The Hall–Kier alpha value is -1.09. The summed E-state index contributed by atoms with van der Waals surface area (Å²) in [5.74, 6) is 0. The summed E-state index contributed by atoms with van der Waals surface area (Å²) < 4.78 is 0. The smallest absolute Gasteiger partial charge is 0.166 e. The molecule has 2 nitrogen and oxygen atoms in total. The zero-order valence-electron chi connectivity index (χ0n) is 10.5. The lowest BCUT2D eigenvalue weighted by atomic mass is 10.1. The van der Waals surface area contributed by atoms with Crippen LogP contribution in [0.25, 0.3) is 0 Å². The maximum absolute atomic E-state index is 5.27. The molecule has 0 radical (unpaired) electrons. The minimum absolute atomic E-state index is 0.264. The molecule has 1 fully saturated rings. The van der Waals surface area contributed by atoms with E-state index in [0.29, 0.717) is 6.04 Å². The number of rotatable bonds is 4. The molecule has 1 atom stereocenters. The maximum atomic E-state index is 5.27. The second-order valence-electron chi connectivity index (χ2n) is 4.71. The van der Waals surface area contributed by atoms with Crippen molar-refractivity contribution in [1.29, 1.82) is 0 Å². The number of thiocarbonyl (C=S) groups is 1. The van der Waals surface area contributed by atoms with Crippen LogP contribution in [0.15, 0.2) is 24.3 Å². The van der Waals surface area contributed by atoms with Crippen LogP contribution in [-0.4, -0.2) is 11.2 Å². The van der Waals surface area contributed by atoms with Gasteiger partial charge < -0.3 is 10.6 Å². The van der Waals surface area contributed by atoms with E-state index in [4.69, 9.17) is 12.2 Å². The lowest BCUT2D eigenvalue weighted by Crippen LogP contribution is -2.37. The molecule has 1 aliphatic rings. The van der Waals surface area contributed by atoms with Crippen LogP contribution in [0.4, 0.5) is 0 Å². The van der Waals surface area contributed by atoms with E-state index in [1.165, 1.54) is 24.0 Å². The van der Waals surface area contributed by atoms with E-state index in [0.717, 1.165) is 11.5 Å². The molecule has 0 amide bonds. The summed E-state index contributed by atoms with van der Waals surface area (Å²) in [6.07, 6.45) is 3.59. The average Bonchev–Trinajstić information content (AvgIpc) is 3.12. The second kappa shape index (κ2) is 5.50. The maximum Gasteiger partial charge on any atom is 0.166 e. The van der Waals surface area contributed by atoms with Crippen molar-refractivity contribution < 1.29 is 0 Å². The Bertz CT molecular complexity index is 382. The third-order valence-electron chi connectivity index (χ3n) is 3.15. The molecule has 1 aliphatic carbocycles. The van der Waals surface area contributed by atoms with E-state index >= 15 is 0 Å². The molecule has 0 spiro atoms. The van der Waals surface area contributed by atoms with Gasteiger partial charge in [0.25, 0.3) is 0 Å². The summed E-state index contributed by atoms with van der Waals surface area (Å²) >= 11 is 5.27. The highest BCUT2D eigenvalue weighted by Crippen LogP contribution is 2.19. The fourth-order valence-corrected chi connectivity index (χ4v) is 2.12. The van der Waals surface area contributed by atoms with Crippen LogP contribution in [0.3, 0.4) is 0 Å². The van der Waals surface area contributed by atoms with Crippen molar-refractivity contribution in [2.75, 3.05) is 0 Å². The average molecular weight is 248 g/mol. The third-order valence-corrected chi connectivity index (χ3v) is 3.38. The van der Waals surface area contributed by atoms with Gasteiger partial charge in [-0.15, -0.1) is 0 Å². The van der Waals surface area contributed by atoms with Crippen molar-refractivity contribution in [3.8, 4) is 0 Å². The van der Waals surface area contributed by atoms with Gasteiger partial charge in [-0.05, 0) is 49.5 Å². The highest BCUT2D eigenvalue weighted by atomic mass is 32.1. The van der Waals surface area contributed by atoms with Gasteiger partial charge in [-0.25, -0.2) is 0 Å². The molecule has 1 saturated carbocycles. The van der Waals surface area contributed by atoms with Crippen molar-refractivity contribution in [3.63, 3.8) is 0 Å². The predicted octanol–water partition coefficient (Wildman–Crippen LogP) is 2.94. The number of aryl methyl sites for hydroxylation is 1. The predicted molar refractivity (Wildman–Crippen MR) is 76.1 cm³/mol. The molecule has 1 aromatic carbocycles. The first-order chi connectivity index (χ1) is 8.19. The molecule has 0 bridgehead atoms. The third kappa shape index (κ3) is 3.70.